The van der Waals surface area contributed by atoms with E-state index in [1.165, 1.54) is 141 Å². The fraction of sp³-hybridized carbons (Fsp3) is 0.793. The normalized spacial score (nSPS) is 13.8. The number of carbonyl (C=O) groups is 2. The van der Waals surface area contributed by atoms with Gasteiger partial charge in [-0.05, 0) is 83.5 Å². The van der Waals surface area contributed by atoms with Gasteiger partial charge < -0.3 is 18.9 Å². The SMILES string of the molecule is CCCCC/C=C\C/C=C\CCCCCCCCCC(=O)OCC(COP(=O)(O)OCC[N+](C)(C)C)OC(=O)CCCCCCCCCCCCCC/C=C\C/C=C\C/C=C\CCCCCCC. The van der Waals surface area contributed by atoms with Gasteiger partial charge in [-0.1, -0.05) is 209 Å². The molecule has 0 heterocycles. The predicted octanol–water partition coefficient (Wildman–Crippen LogP) is 17.1. The van der Waals surface area contributed by atoms with Gasteiger partial charge in [0.05, 0.1) is 27.7 Å². The maximum Gasteiger partial charge on any atom is 0.472 e. The van der Waals surface area contributed by atoms with Crippen molar-refractivity contribution in [3.05, 3.63) is 60.8 Å². The molecule has 0 aromatic rings. The van der Waals surface area contributed by atoms with Gasteiger partial charge >= 0.3 is 19.8 Å². The van der Waals surface area contributed by atoms with Crippen molar-refractivity contribution in [2.75, 3.05) is 47.5 Å². The number of phosphoric acid groups is 1. The average molecular weight is 977 g/mol. The van der Waals surface area contributed by atoms with E-state index in [-0.39, 0.29) is 32.0 Å². The van der Waals surface area contributed by atoms with E-state index in [0.29, 0.717) is 17.4 Å². The molecule has 2 atom stereocenters. The molecule has 68 heavy (non-hydrogen) atoms. The monoisotopic (exact) mass is 977 g/mol. The van der Waals surface area contributed by atoms with Crippen LogP contribution in [0.3, 0.4) is 0 Å². The summed E-state index contributed by atoms with van der Waals surface area (Å²) in [6.45, 7) is 4.40. The zero-order valence-electron chi connectivity index (χ0n) is 44.8. The van der Waals surface area contributed by atoms with Gasteiger partial charge in [0.1, 0.15) is 19.8 Å². The summed E-state index contributed by atoms with van der Waals surface area (Å²) < 4.78 is 34.5. The quantitative estimate of drug-likeness (QED) is 0.0211. The summed E-state index contributed by atoms with van der Waals surface area (Å²) in [5.41, 5.74) is 0. The largest absolute Gasteiger partial charge is 0.472 e. The molecule has 0 aliphatic rings. The van der Waals surface area contributed by atoms with Gasteiger partial charge in [0, 0.05) is 12.8 Å². The maximum absolute atomic E-state index is 12.8. The highest BCUT2D eigenvalue weighted by Crippen LogP contribution is 2.43. The molecule has 0 fully saturated rings. The summed E-state index contributed by atoms with van der Waals surface area (Å²) in [5, 5.41) is 0. The van der Waals surface area contributed by atoms with Gasteiger partial charge in [0.15, 0.2) is 6.10 Å². The molecule has 0 aliphatic carbocycles. The molecule has 396 valence electrons. The molecule has 0 aromatic heterocycles. The number of ether oxygens (including phenoxy) is 2. The van der Waals surface area contributed by atoms with E-state index in [2.05, 4.69) is 74.6 Å². The minimum Gasteiger partial charge on any atom is -0.462 e. The summed E-state index contributed by atoms with van der Waals surface area (Å²) in [6, 6.07) is 0. The van der Waals surface area contributed by atoms with E-state index in [1.807, 2.05) is 21.1 Å². The minimum absolute atomic E-state index is 0.0284. The highest BCUT2D eigenvalue weighted by molar-refractivity contribution is 7.47. The number of carbonyl (C=O) groups excluding carboxylic acids is 2. The van der Waals surface area contributed by atoms with Gasteiger partial charge in [-0.2, -0.15) is 0 Å². The first-order valence-corrected chi connectivity index (χ1v) is 29.5. The second kappa shape index (κ2) is 49.7. The number of hydrogen-bond donors (Lipinski definition) is 1. The lowest BCUT2D eigenvalue weighted by Crippen LogP contribution is -2.37. The van der Waals surface area contributed by atoms with Crippen LogP contribution in [0, 0.1) is 0 Å². The van der Waals surface area contributed by atoms with E-state index in [4.69, 9.17) is 18.5 Å². The van der Waals surface area contributed by atoms with Crippen molar-refractivity contribution in [3.63, 3.8) is 0 Å². The third kappa shape index (κ3) is 53.1. The Balaban J connectivity index is 4.18. The van der Waals surface area contributed by atoms with Crippen LogP contribution in [-0.4, -0.2) is 74.9 Å². The molecule has 0 amide bonds. The van der Waals surface area contributed by atoms with Gasteiger partial charge in [-0.25, -0.2) is 4.57 Å². The third-order valence-corrected chi connectivity index (χ3v) is 13.0. The van der Waals surface area contributed by atoms with Crippen molar-refractivity contribution < 1.29 is 42.1 Å². The highest BCUT2D eigenvalue weighted by Gasteiger charge is 2.27. The Hall–Kier alpha value is -2.29. The molecular formula is C58H107NO8P+. The molecule has 0 rings (SSSR count). The molecule has 0 bridgehead atoms. The van der Waals surface area contributed by atoms with E-state index >= 15 is 0 Å². The fourth-order valence-electron chi connectivity index (χ4n) is 7.64. The van der Waals surface area contributed by atoms with Crippen LogP contribution in [0.15, 0.2) is 60.8 Å². The van der Waals surface area contributed by atoms with Crippen LogP contribution in [0.25, 0.3) is 0 Å². The molecule has 0 aromatic carbocycles. The molecule has 0 radical (unpaired) electrons. The van der Waals surface area contributed by atoms with Gasteiger partial charge in [-0.3, -0.25) is 18.6 Å². The lowest BCUT2D eigenvalue weighted by molar-refractivity contribution is -0.870. The van der Waals surface area contributed by atoms with E-state index in [0.717, 1.165) is 70.6 Å². The van der Waals surface area contributed by atoms with E-state index < -0.39 is 26.5 Å². The van der Waals surface area contributed by atoms with Gasteiger partial charge in [0.2, 0.25) is 0 Å². The summed E-state index contributed by atoms with van der Waals surface area (Å²) in [5.74, 6) is -0.805. The smallest absolute Gasteiger partial charge is 0.462 e. The number of nitrogens with zero attached hydrogens (tertiary/aromatic N) is 1. The van der Waals surface area contributed by atoms with Gasteiger partial charge in [0.25, 0.3) is 0 Å². The number of quaternary nitrogens is 1. The zero-order chi connectivity index (χ0) is 49.9. The van der Waals surface area contributed by atoms with Crippen molar-refractivity contribution in [1.82, 2.24) is 0 Å². The van der Waals surface area contributed by atoms with Crippen LogP contribution in [0.5, 0.6) is 0 Å². The van der Waals surface area contributed by atoms with Crippen LogP contribution < -0.4 is 0 Å². The second-order valence-electron chi connectivity index (χ2n) is 20.0. The number of rotatable bonds is 51. The molecule has 0 saturated heterocycles. The molecular weight excluding hydrogens is 870 g/mol. The Bertz CT molecular complexity index is 1340. The zero-order valence-corrected chi connectivity index (χ0v) is 45.7. The Morgan fingerprint density at radius 3 is 1.21 bits per heavy atom. The van der Waals surface area contributed by atoms with Crippen LogP contribution in [0.4, 0.5) is 0 Å². The van der Waals surface area contributed by atoms with E-state index in [9.17, 15) is 19.0 Å². The van der Waals surface area contributed by atoms with E-state index in [1.54, 1.807) is 0 Å². The van der Waals surface area contributed by atoms with Crippen molar-refractivity contribution in [2.45, 2.75) is 251 Å². The van der Waals surface area contributed by atoms with Crippen molar-refractivity contribution >= 4 is 19.8 Å². The lowest BCUT2D eigenvalue weighted by atomic mass is 10.0. The minimum atomic E-state index is -4.39. The average Bonchev–Trinajstić information content (AvgIpc) is 3.30. The first kappa shape index (κ1) is 65.7. The Morgan fingerprint density at radius 1 is 0.456 bits per heavy atom. The molecule has 2 unspecified atom stereocenters. The third-order valence-electron chi connectivity index (χ3n) is 12.0. The number of esters is 2. The Morgan fingerprint density at radius 2 is 0.794 bits per heavy atom. The highest BCUT2D eigenvalue weighted by atomic mass is 31.2. The van der Waals surface area contributed by atoms with Gasteiger partial charge in [-0.15, -0.1) is 0 Å². The van der Waals surface area contributed by atoms with Crippen LogP contribution in [-0.2, 0) is 32.7 Å². The fourth-order valence-corrected chi connectivity index (χ4v) is 8.38. The summed E-state index contributed by atoms with van der Waals surface area (Å²) in [4.78, 5) is 35.6. The number of likely N-dealkylation sites (N-methyl/N-ethyl adjacent to an activating group) is 1. The Labute approximate surface area is 419 Å². The summed E-state index contributed by atoms with van der Waals surface area (Å²) >= 11 is 0. The molecule has 10 heteroatoms. The molecule has 0 saturated carbocycles. The summed E-state index contributed by atoms with van der Waals surface area (Å²) in [7, 11) is 1.47. The number of hydrogen-bond acceptors (Lipinski definition) is 7. The molecule has 0 aliphatic heterocycles. The Kier molecular flexibility index (Phi) is 48.0. The number of unbranched alkanes of at least 4 members (excludes halogenated alkanes) is 27. The topological polar surface area (TPSA) is 108 Å². The second-order valence-corrected chi connectivity index (χ2v) is 21.4. The van der Waals surface area contributed by atoms with Crippen molar-refractivity contribution in [1.29, 1.82) is 0 Å². The van der Waals surface area contributed by atoms with Crippen molar-refractivity contribution in [2.24, 2.45) is 0 Å². The first-order chi connectivity index (χ1) is 33.0. The molecule has 1 N–H and O–H groups in total. The number of phosphoric ester groups is 1. The van der Waals surface area contributed by atoms with Crippen LogP contribution in [0.2, 0.25) is 0 Å². The van der Waals surface area contributed by atoms with Crippen molar-refractivity contribution in [3.8, 4) is 0 Å². The number of allylic oxidation sites excluding steroid dienone is 10. The summed E-state index contributed by atoms with van der Waals surface area (Å²) in [6.07, 6.45) is 62.8. The van der Waals surface area contributed by atoms with Crippen LogP contribution in [0.1, 0.15) is 245 Å². The lowest BCUT2D eigenvalue weighted by Gasteiger charge is -2.24. The standard InChI is InChI=1S/C58H106NO8P/c1-6-8-10-12-14-16-18-20-22-24-25-26-27-28-29-30-31-32-33-35-37-39-41-43-45-47-49-51-58(61)67-56(55-66-68(62,63)65-53-52-59(3,4)5)54-64-57(60)50-48-46-44-42-40-38-36-34-23-21-19-17-15-13-11-9-7-2/h15,17-18,20-21,23-25,27-28,56H,6-14,16,19,22,26,29-55H2,1-5H3/p+1/b17-15-,20-18-,23-21-,25-24-,28-27-. The molecule has 9 nitrogen and oxygen atoms in total. The first-order valence-electron chi connectivity index (χ1n) is 28.0. The maximum atomic E-state index is 12.8. The predicted molar refractivity (Wildman–Crippen MR) is 289 cm³/mol. The molecule has 0 spiro atoms. The van der Waals surface area contributed by atoms with Crippen LogP contribution >= 0.6 is 7.82 Å².